The normalized spacial score (nSPS) is 11.4. The van der Waals surface area contributed by atoms with Crippen LogP contribution in [0.5, 0.6) is 34.5 Å². The first-order chi connectivity index (χ1) is 25.8. The Hall–Kier alpha value is -4.32. The summed E-state index contributed by atoms with van der Waals surface area (Å²) in [4.78, 5) is 0. The van der Waals surface area contributed by atoms with Crippen molar-refractivity contribution in [1.29, 1.82) is 0 Å². The molecule has 310 valence electrons. The lowest BCUT2D eigenvalue weighted by Crippen LogP contribution is -2.12. The van der Waals surface area contributed by atoms with E-state index in [4.69, 9.17) is 28.4 Å². The van der Waals surface area contributed by atoms with Crippen molar-refractivity contribution in [3.8, 4) is 34.5 Å². The summed E-state index contributed by atoms with van der Waals surface area (Å²) in [7, 11) is 6.67. The number of rotatable bonds is 22. The zero-order chi connectivity index (χ0) is 39.4. The Bertz CT molecular complexity index is 1310. The molecule has 0 N–H and O–H groups in total. The van der Waals surface area contributed by atoms with Crippen molar-refractivity contribution in [1.82, 2.24) is 0 Å². The van der Waals surface area contributed by atoms with Gasteiger partial charge in [-0.15, -0.1) is 6.58 Å². The fourth-order valence-electron chi connectivity index (χ4n) is 5.58. The molecule has 0 spiro atoms. The molecular weight excluding hydrogens is 685 g/mol. The maximum Gasteiger partial charge on any atom is 0.203 e. The molecule has 0 bridgehead atoms. The Kier molecular flexibility index (Phi) is 30.7. The molecular formula is C49H78O6. The largest absolute Gasteiger partial charge is 0.493 e. The molecule has 3 aromatic rings. The minimum Gasteiger partial charge on any atom is -0.493 e. The highest BCUT2D eigenvalue weighted by atomic mass is 16.5. The fraction of sp³-hybridized carbons (Fsp3) is 0.510. The molecule has 0 saturated carbocycles. The van der Waals surface area contributed by atoms with Gasteiger partial charge in [-0.1, -0.05) is 150 Å². The van der Waals surface area contributed by atoms with Crippen molar-refractivity contribution in [2.75, 3.05) is 41.7 Å². The molecule has 6 nitrogen and oxygen atoms in total. The number of unbranched alkanes of at least 4 members (excludes halogenated alkanes) is 2. The van der Waals surface area contributed by atoms with Crippen LogP contribution in [0.3, 0.4) is 0 Å². The third-order valence-electron chi connectivity index (χ3n) is 8.85. The van der Waals surface area contributed by atoms with Crippen LogP contribution in [0.25, 0.3) is 24.3 Å². The van der Waals surface area contributed by atoms with Gasteiger partial charge in [0, 0.05) is 0 Å². The van der Waals surface area contributed by atoms with Gasteiger partial charge in [-0.3, -0.25) is 0 Å². The maximum atomic E-state index is 6.25. The van der Waals surface area contributed by atoms with E-state index in [0.29, 0.717) is 59.5 Å². The molecule has 0 aliphatic carbocycles. The Morgan fingerprint density at radius 2 is 0.800 bits per heavy atom. The molecule has 6 heteroatoms. The summed E-state index contributed by atoms with van der Waals surface area (Å²) in [6.07, 6.45) is 19.4. The number of methoxy groups -OCH3 is 4. The Balaban J connectivity index is 0. The van der Waals surface area contributed by atoms with E-state index in [1.165, 1.54) is 25.7 Å². The van der Waals surface area contributed by atoms with E-state index in [2.05, 4.69) is 82.8 Å². The minimum atomic E-state index is 0. The second-order valence-electron chi connectivity index (χ2n) is 12.7. The van der Waals surface area contributed by atoms with Gasteiger partial charge in [0.15, 0.2) is 23.0 Å². The van der Waals surface area contributed by atoms with E-state index in [9.17, 15) is 0 Å². The molecule has 2 unspecified atom stereocenters. The van der Waals surface area contributed by atoms with Crippen molar-refractivity contribution in [3.05, 3.63) is 83.4 Å². The molecule has 55 heavy (non-hydrogen) atoms. The first-order valence-corrected chi connectivity index (χ1v) is 19.7. The van der Waals surface area contributed by atoms with Crippen molar-refractivity contribution >= 4 is 24.3 Å². The standard InChI is InChI=1S/C42H58O6.C3H6.C2H6.2CH4/c1-9-13-15-31(11-3)29-47-41-37(43-5)25-35(26-38(41)44-6)23-21-33-17-19-34(20-18-33)22-24-36-27-39(45-7)42(40(28-36)46-8)48-30-32(12-4)16-14-10-2;1-3-2;1-2;;/h17-28,31-32H,9-16,29-30H2,1-8H3;3H,1H2,2H3;1-2H3;2*1H4/b23-21+,24-22+;;;;. The van der Waals surface area contributed by atoms with Crippen molar-refractivity contribution < 1.29 is 28.4 Å². The van der Waals surface area contributed by atoms with Gasteiger partial charge in [0.05, 0.1) is 41.7 Å². The summed E-state index contributed by atoms with van der Waals surface area (Å²) in [5, 5.41) is 0. The average molecular weight is 763 g/mol. The zero-order valence-electron chi connectivity index (χ0n) is 34.9. The Morgan fingerprint density at radius 3 is 1.04 bits per heavy atom. The molecule has 0 amide bonds. The SMILES string of the molecule is C.C.C=CC.CC.CCCCC(CC)COc1c(OC)cc(/C=C/c2ccc(/C=C/c3cc(OC)c(OCC(CC)CCCC)c(OC)c3)cc2)cc1OC. The Labute approximate surface area is 337 Å². The smallest absolute Gasteiger partial charge is 0.203 e. The van der Waals surface area contributed by atoms with E-state index in [0.717, 1.165) is 47.9 Å². The van der Waals surface area contributed by atoms with E-state index >= 15 is 0 Å². The van der Waals surface area contributed by atoms with Crippen LogP contribution in [0, 0.1) is 11.8 Å². The van der Waals surface area contributed by atoms with E-state index < -0.39 is 0 Å². The van der Waals surface area contributed by atoms with Gasteiger partial charge in [0.2, 0.25) is 11.5 Å². The first kappa shape index (κ1) is 52.8. The maximum absolute atomic E-state index is 6.25. The van der Waals surface area contributed by atoms with Crippen LogP contribution >= 0.6 is 0 Å². The van der Waals surface area contributed by atoms with E-state index in [1.54, 1.807) is 34.5 Å². The van der Waals surface area contributed by atoms with Gasteiger partial charge >= 0.3 is 0 Å². The number of hydrogen-bond donors (Lipinski definition) is 0. The molecule has 3 rings (SSSR count). The van der Waals surface area contributed by atoms with Gasteiger partial charge in [-0.25, -0.2) is 0 Å². The zero-order valence-corrected chi connectivity index (χ0v) is 34.9. The highest BCUT2D eigenvalue weighted by Crippen LogP contribution is 2.41. The third-order valence-corrected chi connectivity index (χ3v) is 8.85. The predicted molar refractivity (Wildman–Crippen MR) is 242 cm³/mol. The number of ether oxygens (including phenoxy) is 6. The number of allylic oxidation sites excluding steroid dienone is 1. The highest BCUT2D eigenvalue weighted by molar-refractivity contribution is 5.75. The fourth-order valence-corrected chi connectivity index (χ4v) is 5.58. The summed E-state index contributed by atoms with van der Waals surface area (Å²) >= 11 is 0. The topological polar surface area (TPSA) is 55.4 Å². The van der Waals surface area contributed by atoms with Crippen LogP contribution < -0.4 is 28.4 Å². The first-order valence-electron chi connectivity index (χ1n) is 19.7. The van der Waals surface area contributed by atoms with Crippen LogP contribution in [0.2, 0.25) is 0 Å². The lowest BCUT2D eigenvalue weighted by atomic mass is 10.0. The van der Waals surface area contributed by atoms with Crippen molar-refractivity contribution in [3.63, 3.8) is 0 Å². The Morgan fingerprint density at radius 1 is 0.527 bits per heavy atom. The van der Waals surface area contributed by atoms with Gasteiger partial charge in [0.1, 0.15) is 0 Å². The summed E-state index contributed by atoms with van der Waals surface area (Å²) in [6, 6.07) is 16.4. The summed E-state index contributed by atoms with van der Waals surface area (Å²) in [5.41, 5.74) is 4.11. The van der Waals surface area contributed by atoms with Crippen LogP contribution in [-0.4, -0.2) is 41.7 Å². The van der Waals surface area contributed by atoms with Crippen LogP contribution in [-0.2, 0) is 0 Å². The second kappa shape index (κ2) is 32.0. The van der Waals surface area contributed by atoms with Crippen LogP contribution in [0.1, 0.15) is 137 Å². The van der Waals surface area contributed by atoms with Gasteiger partial charge in [-0.05, 0) is 78.1 Å². The number of hydrogen-bond acceptors (Lipinski definition) is 6. The molecule has 2 atom stereocenters. The van der Waals surface area contributed by atoms with Gasteiger partial charge in [-0.2, -0.15) is 0 Å². The molecule has 0 radical (unpaired) electrons. The van der Waals surface area contributed by atoms with E-state index in [-0.39, 0.29) is 14.9 Å². The molecule has 0 aliphatic heterocycles. The number of benzene rings is 3. The molecule has 0 fully saturated rings. The van der Waals surface area contributed by atoms with Gasteiger partial charge in [0.25, 0.3) is 0 Å². The minimum absolute atomic E-state index is 0. The molecule has 0 heterocycles. The molecule has 0 saturated heterocycles. The van der Waals surface area contributed by atoms with E-state index in [1.807, 2.05) is 45.0 Å². The average Bonchev–Trinajstić information content (AvgIpc) is 3.20. The summed E-state index contributed by atoms with van der Waals surface area (Å²) in [5.74, 6) is 5.04. The van der Waals surface area contributed by atoms with Crippen molar-refractivity contribution in [2.45, 2.75) is 115 Å². The lowest BCUT2D eigenvalue weighted by Gasteiger charge is -2.19. The summed E-state index contributed by atoms with van der Waals surface area (Å²) in [6.45, 7) is 19.4. The van der Waals surface area contributed by atoms with Gasteiger partial charge < -0.3 is 28.4 Å². The second-order valence-corrected chi connectivity index (χ2v) is 12.7. The van der Waals surface area contributed by atoms with Crippen molar-refractivity contribution in [2.24, 2.45) is 11.8 Å². The van der Waals surface area contributed by atoms with Crippen LogP contribution in [0.4, 0.5) is 0 Å². The molecule has 0 aliphatic rings. The van der Waals surface area contributed by atoms with Crippen LogP contribution in [0.15, 0.2) is 61.2 Å². The molecule has 0 aromatic heterocycles. The predicted octanol–water partition coefficient (Wildman–Crippen LogP) is 14.7. The lowest BCUT2D eigenvalue weighted by molar-refractivity contribution is 0.215. The molecule has 3 aromatic carbocycles. The highest BCUT2D eigenvalue weighted by Gasteiger charge is 2.17. The summed E-state index contributed by atoms with van der Waals surface area (Å²) < 4.78 is 35.4. The monoisotopic (exact) mass is 763 g/mol. The third kappa shape index (κ3) is 18.7. The quantitative estimate of drug-likeness (QED) is 0.0750.